The van der Waals surface area contributed by atoms with Gasteiger partial charge in [0, 0.05) is 36.7 Å². The number of carbonyl (C=O) groups is 1. The van der Waals surface area contributed by atoms with E-state index >= 15 is 0 Å². The largest absolute Gasteiger partial charge is 0.490 e. The number of hydrogen-bond donors (Lipinski definition) is 0. The molecular weight excluding hydrogens is 326 g/mol. The van der Waals surface area contributed by atoms with Crippen LogP contribution in [0.4, 0.5) is 0 Å². The van der Waals surface area contributed by atoms with Crippen molar-refractivity contribution in [3.63, 3.8) is 0 Å². The lowest BCUT2D eigenvalue weighted by atomic mass is 10.0. The third kappa shape index (κ3) is 3.47. The smallest absolute Gasteiger partial charge is 0.253 e. The van der Waals surface area contributed by atoms with Crippen LogP contribution in [0.3, 0.4) is 0 Å². The molecule has 2 aromatic rings. The van der Waals surface area contributed by atoms with E-state index in [1.54, 1.807) is 12.4 Å². The molecule has 1 aliphatic carbocycles. The van der Waals surface area contributed by atoms with Crippen LogP contribution in [0.25, 0.3) is 0 Å². The first-order chi connectivity index (χ1) is 12.8. The number of fused-ring (bicyclic) bond motifs is 1. The summed E-state index contributed by atoms with van der Waals surface area (Å²) in [6.45, 7) is 5.51. The summed E-state index contributed by atoms with van der Waals surface area (Å²) in [6.07, 6.45) is 7.48. The molecule has 0 bridgehead atoms. The number of amides is 1. The highest BCUT2D eigenvalue weighted by Gasteiger charge is 2.30. The van der Waals surface area contributed by atoms with Gasteiger partial charge in [-0.25, -0.2) is 9.97 Å². The predicted octanol–water partition coefficient (Wildman–Crippen LogP) is 3.16. The molecule has 0 saturated heterocycles. The van der Waals surface area contributed by atoms with E-state index in [4.69, 9.17) is 4.74 Å². The van der Waals surface area contributed by atoms with Gasteiger partial charge < -0.3 is 9.64 Å². The Morgan fingerprint density at radius 1 is 1.19 bits per heavy atom. The molecule has 26 heavy (non-hydrogen) atoms. The third-order valence-corrected chi connectivity index (χ3v) is 5.04. The van der Waals surface area contributed by atoms with Crippen molar-refractivity contribution < 1.29 is 9.53 Å². The van der Waals surface area contributed by atoms with E-state index in [1.807, 2.05) is 29.2 Å². The van der Waals surface area contributed by atoms with Crippen LogP contribution < -0.4 is 4.74 Å². The van der Waals surface area contributed by atoms with Gasteiger partial charge in [-0.15, -0.1) is 0 Å². The second-order valence-electron chi connectivity index (χ2n) is 6.87. The van der Waals surface area contributed by atoms with E-state index in [9.17, 15) is 4.79 Å². The van der Waals surface area contributed by atoms with Crippen molar-refractivity contribution in [3.05, 3.63) is 65.8 Å². The second kappa shape index (κ2) is 7.28. The first-order valence-electron chi connectivity index (χ1n) is 9.22. The molecule has 1 amide bonds. The Kier molecular flexibility index (Phi) is 4.69. The zero-order valence-electron chi connectivity index (χ0n) is 14.9. The monoisotopic (exact) mass is 349 g/mol. The Hall–Kier alpha value is -2.69. The van der Waals surface area contributed by atoms with Crippen LogP contribution in [0, 0.1) is 0 Å². The van der Waals surface area contributed by atoms with Crippen molar-refractivity contribution in [3.8, 4) is 5.75 Å². The Morgan fingerprint density at radius 2 is 1.96 bits per heavy atom. The van der Waals surface area contributed by atoms with Gasteiger partial charge in [0.1, 0.15) is 18.7 Å². The standard InChI is InChI=1S/C21H23N3O2/c1-2-13-26-17-7-5-16(6-8-17)21(25)24-11-9-18-19(10-12-24)22-14-23-20(18)15-3-4-15/h2,5-8,14-15H,1,3-4,9-13H2. The van der Waals surface area contributed by atoms with Crippen LogP contribution >= 0.6 is 0 Å². The highest BCUT2D eigenvalue weighted by atomic mass is 16.5. The van der Waals surface area contributed by atoms with Crippen molar-refractivity contribution in [2.24, 2.45) is 0 Å². The summed E-state index contributed by atoms with van der Waals surface area (Å²) in [7, 11) is 0. The summed E-state index contributed by atoms with van der Waals surface area (Å²) in [5.41, 5.74) is 4.30. The molecule has 1 fully saturated rings. The van der Waals surface area contributed by atoms with Gasteiger partial charge in [0.2, 0.25) is 0 Å². The quantitative estimate of drug-likeness (QED) is 0.778. The van der Waals surface area contributed by atoms with Crippen molar-refractivity contribution in [1.82, 2.24) is 14.9 Å². The van der Waals surface area contributed by atoms with Crippen molar-refractivity contribution in [1.29, 1.82) is 0 Å². The van der Waals surface area contributed by atoms with Crippen LogP contribution in [-0.2, 0) is 12.8 Å². The molecule has 0 N–H and O–H groups in total. The number of aromatic nitrogens is 2. The molecule has 4 rings (SSSR count). The molecular formula is C21H23N3O2. The Morgan fingerprint density at radius 3 is 2.69 bits per heavy atom. The van der Waals surface area contributed by atoms with Crippen LogP contribution in [0.2, 0.25) is 0 Å². The molecule has 1 aliphatic heterocycles. The molecule has 0 spiro atoms. The number of benzene rings is 1. The van der Waals surface area contributed by atoms with Gasteiger partial charge >= 0.3 is 0 Å². The molecule has 5 nitrogen and oxygen atoms in total. The molecule has 5 heteroatoms. The lowest BCUT2D eigenvalue weighted by Gasteiger charge is -2.20. The second-order valence-corrected chi connectivity index (χ2v) is 6.87. The van der Waals surface area contributed by atoms with E-state index in [1.165, 1.54) is 24.1 Å². The van der Waals surface area contributed by atoms with Crippen molar-refractivity contribution >= 4 is 5.91 Å². The van der Waals surface area contributed by atoms with Gasteiger partial charge in [-0.1, -0.05) is 12.7 Å². The van der Waals surface area contributed by atoms with E-state index in [0.717, 1.165) is 24.3 Å². The minimum Gasteiger partial charge on any atom is -0.490 e. The molecule has 1 aromatic heterocycles. The highest BCUT2D eigenvalue weighted by Crippen LogP contribution is 2.41. The minimum absolute atomic E-state index is 0.0639. The Labute approximate surface area is 153 Å². The van der Waals surface area contributed by atoms with E-state index in [0.29, 0.717) is 31.2 Å². The van der Waals surface area contributed by atoms with Crippen LogP contribution in [0.15, 0.2) is 43.2 Å². The highest BCUT2D eigenvalue weighted by molar-refractivity contribution is 5.94. The third-order valence-electron chi connectivity index (χ3n) is 5.04. The molecule has 1 aromatic carbocycles. The number of hydrogen-bond acceptors (Lipinski definition) is 4. The lowest BCUT2D eigenvalue weighted by molar-refractivity contribution is 0.0763. The summed E-state index contributed by atoms with van der Waals surface area (Å²) in [5.74, 6) is 1.42. The fourth-order valence-corrected chi connectivity index (χ4v) is 3.49. The first-order valence-corrected chi connectivity index (χ1v) is 9.22. The van der Waals surface area contributed by atoms with Crippen molar-refractivity contribution in [2.45, 2.75) is 31.6 Å². The van der Waals surface area contributed by atoms with Crippen LogP contribution in [0.5, 0.6) is 5.75 Å². The van der Waals surface area contributed by atoms with Gasteiger partial charge in [0.25, 0.3) is 5.91 Å². The fraction of sp³-hybridized carbons (Fsp3) is 0.381. The molecule has 2 aliphatic rings. The van der Waals surface area contributed by atoms with Crippen LogP contribution in [0.1, 0.15) is 46.1 Å². The maximum absolute atomic E-state index is 12.9. The van der Waals surface area contributed by atoms with Gasteiger partial charge in [-0.3, -0.25) is 4.79 Å². The predicted molar refractivity (Wildman–Crippen MR) is 99.5 cm³/mol. The number of nitrogens with zero attached hydrogens (tertiary/aromatic N) is 3. The average molecular weight is 349 g/mol. The normalized spacial score (nSPS) is 16.5. The van der Waals surface area contributed by atoms with Crippen LogP contribution in [-0.4, -0.2) is 40.5 Å². The number of ether oxygens (including phenoxy) is 1. The SMILES string of the molecule is C=CCOc1ccc(C(=O)N2CCc3ncnc(C4CC4)c3CC2)cc1. The molecule has 0 atom stereocenters. The zero-order valence-corrected chi connectivity index (χ0v) is 14.9. The minimum atomic E-state index is 0.0639. The summed E-state index contributed by atoms with van der Waals surface area (Å²) < 4.78 is 5.48. The van der Waals surface area contributed by atoms with E-state index in [-0.39, 0.29) is 5.91 Å². The molecule has 2 heterocycles. The average Bonchev–Trinajstić information content (AvgIpc) is 3.52. The summed E-state index contributed by atoms with van der Waals surface area (Å²) >= 11 is 0. The topological polar surface area (TPSA) is 55.3 Å². The molecule has 0 radical (unpaired) electrons. The number of carbonyl (C=O) groups excluding carboxylic acids is 1. The van der Waals surface area contributed by atoms with Gasteiger partial charge in [-0.2, -0.15) is 0 Å². The lowest BCUT2D eigenvalue weighted by Crippen LogP contribution is -2.33. The zero-order chi connectivity index (χ0) is 17.9. The Bertz CT molecular complexity index is 813. The first kappa shape index (κ1) is 16.8. The molecule has 134 valence electrons. The molecule has 0 unspecified atom stereocenters. The maximum atomic E-state index is 12.9. The van der Waals surface area contributed by atoms with Gasteiger partial charge in [0.15, 0.2) is 0 Å². The fourth-order valence-electron chi connectivity index (χ4n) is 3.49. The summed E-state index contributed by atoms with van der Waals surface area (Å²) in [4.78, 5) is 23.8. The van der Waals surface area contributed by atoms with Gasteiger partial charge in [0.05, 0.1) is 5.69 Å². The van der Waals surface area contributed by atoms with Gasteiger partial charge in [-0.05, 0) is 49.1 Å². The van der Waals surface area contributed by atoms with E-state index < -0.39 is 0 Å². The maximum Gasteiger partial charge on any atom is 0.253 e. The Balaban J connectivity index is 1.46. The van der Waals surface area contributed by atoms with E-state index in [2.05, 4.69) is 16.5 Å². The molecule has 1 saturated carbocycles. The summed E-state index contributed by atoms with van der Waals surface area (Å²) in [6, 6.07) is 7.32. The van der Waals surface area contributed by atoms with Crippen molar-refractivity contribution in [2.75, 3.05) is 19.7 Å². The summed E-state index contributed by atoms with van der Waals surface area (Å²) in [5, 5.41) is 0. The number of rotatable bonds is 5.